The Labute approximate surface area is 133 Å². The minimum absolute atomic E-state index is 0.0676. The van der Waals surface area contributed by atoms with Crippen molar-refractivity contribution in [2.75, 3.05) is 13.1 Å². The van der Waals surface area contributed by atoms with Crippen LogP contribution in [0.5, 0.6) is 0 Å². The van der Waals surface area contributed by atoms with Crippen molar-refractivity contribution in [1.82, 2.24) is 10.0 Å². The number of nitrogens with one attached hydrogen (secondary N) is 2. The molecule has 4 nitrogen and oxygen atoms in total. The molecule has 2 N–H and O–H groups in total. The molecule has 120 valence electrons. The van der Waals surface area contributed by atoms with Gasteiger partial charge in [-0.2, -0.15) is 0 Å². The van der Waals surface area contributed by atoms with Crippen molar-refractivity contribution >= 4 is 21.6 Å². The van der Waals surface area contributed by atoms with Crippen LogP contribution in [0.25, 0.3) is 0 Å². The summed E-state index contributed by atoms with van der Waals surface area (Å²) in [5, 5.41) is 3.63. The number of benzene rings is 1. The van der Waals surface area contributed by atoms with E-state index in [1.165, 1.54) is 6.07 Å². The van der Waals surface area contributed by atoms with Crippen LogP contribution in [0.4, 0.5) is 0 Å². The second kappa shape index (κ2) is 7.58. The molecule has 0 aliphatic rings. The van der Waals surface area contributed by atoms with Crippen molar-refractivity contribution in [3.8, 4) is 0 Å². The lowest BCUT2D eigenvalue weighted by Crippen LogP contribution is -2.33. The first-order valence-electron chi connectivity index (χ1n) is 7.20. The Bertz CT molecular complexity index is 571. The molecule has 0 amide bonds. The molecule has 1 aromatic rings. The van der Waals surface area contributed by atoms with Gasteiger partial charge in [0.25, 0.3) is 0 Å². The third-order valence-corrected chi connectivity index (χ3v) is 5.35. The lowest BCUT2D eigenvalue weighted by molar-refractivity contribution is 0.350. The molecule has 0 fully saturated rings. The molecule has 0 radical (unpaired) electrons. The molecule has 0 saturated heterocycles. The molecular weight excluding hydrogens is 308 g/mol. The molecule has 0 aliphatic carbocycles. The Morgan fingerprint density at radius 1 is 1.24 bits per heavy atom. The van der Waals surface area contributed by atoms with E-state index in [1.54, 1.807) is 12.1 Å². The third kappa shape index (κ3) is 5.58. The molecule has 0 atom stereocenters. The second-order valence-electron chi connectivity index (χ2n) is 5.88. The van der Waals surface area contributed by atoms with Crippen LogP contribution >= 0.6 is 11.6 Å². The van der Waals surface area contributed by atoms with Crippen molar-refractivity contribution in [3.63, 3.8) is 0 Å². The molecule has 0 aliphatic heterocycles. The number of rotatable bonds is 8. The van der Waals surface area contributed by atoms with Gasteiger partial charge in [-0.1, -0.05) is 45.4 Å². The van der Waals surface area contributed by atoms with Gasteiger partial charge in [0.05, 0.1) is 4.90 Å². The van der Waals surface area contributed by atoms with E-state index in [0.717, 1.165) is 18.5 Å². The molecular formula is C15H25ClN2O2S. The van der Waals surface area contributed by atoms with Crippen molar-refractivity contribution in [3.05, 3.63) is 28.8 Å². The molecule has 0 unspecified atom stereocenters. The van der Waals surface area contributed by atoms with E-state index in [0.29, 0.717) is 18.1 Å². The van der Waals surface area contributed by atoms with Gasteiger partial charge in [-0.3, -0.25) is 0 Å². The molecule has 0 bridgehead atoms. The van der Waals surface area contributed by atoms with Gasteiger partial charge in [0.1, 0.15) is 0 Å². The van der Waals surface area contributed by atoms with Crippen LogP contribution in [-0.2, 0) is 16.6 Å². The molecule has 21 heavy (non-hydrogen) atoms. The van der Waals surface area contributed by atoms with Crippen LogP contribution in [0.2, 0.25) is 5.02 Å². The maximum absolute atomic E-state index is 12.3. The SMILES string of the molecule is CCNCc1ccc(S(=O)(=O)NCC(C)(C)CC)cc1Cl. The quantitative estimate of drug-likeness (QED) is 0.768. The number of halogens is 1. The summed E-state index contributed by atoms with van der Waals surface area (Å²) < 4.78 is 27.2. The van der Waals surface area contributed by atoms with Gasteiger partial charge >= 0.3 is 0 Å². The smallest absolute Gasteiger partial charge is 0.240 e. The summed E-state index contributed by atoms with van der Waals surface area (Å²) in [6.45, 7) is 9.98. The fraction of sp³-hybridized carbons (Fsp3) is 0.600. The minimum atomic E-state index is -3.52. The zero-order chi connectivity index (χ0) is 16.1. The number of sulfonamides is 1. The van der Waals surface area contributed by atoms with E-state index in [2.05, 4.69) is 10.0 Å². The summed E-state index contributed by atoms with van der Waals surface area (Å²) in [6, 6.07) is 4.86. The van der Waals surface area contributed by atoms with E-state index < -0.39 is 10.0 Å². The Hall–Kier alpha value is -0.620. The number of hydrogen-bond donors (Lipinski definition) is 2. The summed E-state index contributed by atoms with van der Waals surface area (Å²) in [5.74, 6) is 0. The summed E-state index contributed by atoms with van der Waals surface area (Å²) in [6.07, 6.45) is 0.901. The second-order valence-corrected chi connectivity index (χ2v) is 8.05. The fourth-order valence-corrected chi connectivity index (χ4v) is 3.18. The van der Waals surface area contributed by atoms with Crippen LogP contribution < -0.4 is 10.0 Å². The van der Waals surface area contributed by atoms with Gasteiger partial charge in [-0.25, -0.2) is 13.1 Å². The van der Waals surface area contributed by atoms with Gasteiger partial charge in [0.15, 0.2) is 0 Å². The number of hydrogen-bond acceptors (Lipinski definition) is 3. The van der Waals surface area contributed by atoms with E-state index in [9.17, 15) is 8.42 Å². The highest BCUT2D eigenvalue weighted by Gasteiger charge is 2.21. The van der Waals surface area contributed by atoms with Gasteiger partial charge in [0.2, 0.25) is 10.0 Å². The highest BCUT2D eigenvalue weighted by atomic mass is 35.5. The third-order valence-electron chi connectivity index (χ3n) is 3.60. The summed E-state index contributed by atoms with van der Waals surface area (Å²) in [4.78, 5) is 0.208. The van der Waals surface area contributed by atoms with Crippen molar-refractivity contribution < 1.29 is 8.42 Å². The summed E-state index contributed by atoms with van der Waals surface area (Å²) in [7, 11) is -3.52. The molecule has 0 aromatic heterocycles. The zero-order valence-corrected chi connectivity index (χ0v) is 14.7. The van der Waals surface area contributed by atoms with E-state index >= 15 is 0 Å². The molecule has 0 spiro atoms. The topological polar surface area (TPSA) is 58.2 Å². The molecule has 1 rings (SSSR count). The van der Waals surface area contributed by atoms with Crippen LogP contribution in [0.15, 0.2) is 23.1 Å². The van der Waals surface area contributed by atoms with E-state index in [-0.39, 0.29) is 10.3 Å². The van der Waals surface area contributed by atoms with E-state index in [1.807, 2.05) is 27.7 Å². The lowest BCUT2D eigenvalue weighted by Gasteiger charge is -2.22. The predicted octanol–water partition coefficient (Wildman–Crippen LogP) is 3.16. The Balaban J connectivity index is 2.87. The maximum Gasteiger partial charge on any atom is 0.240 e. The average Bonchev–Trinajstić information content (AvgIpc) is 2.44. The van der Waals surface area contributed by atoms with Gasteiger partial charge < -0.3 is 5.32 Å². The highest BCUT2D eigenvalue weighted by Crippen LogP contribution is 2.22. The van der Waals surface area contributed by atoms with Gasteiger partial charge in [-0.15, -0.1) is 0 Å². The van der Waals surface area contributed by atoms with Gasteiger partial charge in [-0.05, 0) is 36.1 Å². The maximum atomic E-state index is 12.3. The Morgan fingerprint density at radius 3 is 2.43 bits per heavy atom. The Kier molecular flexibility index (Phi) is 6.66. The van der Waals surface area contributed by atoms with Crippen LogP contribution in [0, 0.1) is 5.41 Å². The predicted molar refractivity (Wildman–Crippen MR) is 88.1 cm³/mol. The monoisotopic (exact) mass is 332 g/mol. The lowest BCUT2D eigenvalue weighted by atomic mass is 9.91. The normalized spacial score (nSPS) is 12.6. The van der Waals surface area contributed by atoms with Crippen LogP contribution in [0.3, 0.4) is 0 Å². The average molecular weight is 333 g/mol. The molecule has 0 heterocycles. The van der Waals surface area contributed by atoms with Crippen LogP contribution in [0.1, 0.15) is 39.7 Å². The van der Waals surface area contributed by atoms with Gasteiger partial charge in [0, 0.05) is 18.1 Å². The first-order valence-corrected chi connectivity index (χ1v) is 9.07. The largest absolute Gasteiger partial charge is 0.313 e. The molecule has 0 saturated carbocycles. The molecule has 1 aromatic carbocycles. The van der Waals surface area contributed by atoms with Crippen molar-refractivity contribution in [2.24, 2.45) is 5.41 Å². The summed E-state index contributed by atoms with van der Waals surface area (Å²) in [5.41, 5.74) is 0.827. The van der Waals surface area contributed by atoms with Crippen molar-refractivity contribution in [2.45, 2.75) is 45.6 Å². The Morgan fingerprint density at radius 2 is 1.90 bits per heavy atom. The first-order chi connectivity index (χ1) is 9.72. The summed E-state index contributed by atoms with van der Waals surface area (Å²) >= 11 is 6.16. The van der Waals surface area contributed by atoms with Crippen LogP contribution in [-0.4, -0.2) is 21.5 Å². The van der Waals surface area contributed by atoms with Crippen molar-refractivity contribution in [1.29, 1.82) is 0 Å². The highest BCUT2D eigenvalue weighted by molar-refractivity contribution is 7.89. The first kappa shape index (κ1) is 18.4. The molecule has 6 heteroatoms. The standard InChI is InChI=1S/C15H25ClN2O2S/c1-5-15(3,4)11-18-21(19,20)13-8-7-12(10-17-6-2)14(16)9-13/h7-9,17-18H,5-6,10-11H2,1-4H3. The minimum Gasteiger partial charge on any atom is -0.313 e. The van der Waals surface area contributed by atoms with E-state index in [4.69, 9.17) is 11.6 Å². The zero-order valence-electron chi connectivity index (χ0n) is 13.2. The fourth-order valence-electron chi connectivity index (χ4n) is 1.60.